The minimum Gasteiger partial charge on any atom is -0.423 e. The predicted octanol–water partition coefficient (Wildman–Crippen LogP) is 3.22. The number of carbonyl (C=O) groups excluding carboxylic acids is 1. The van der Waals surface area contributed by atoms with E-state index in [9.17, 15) is 19.7 Å². The van der Waals surface area contributed by atoms with E-state index < -0.39 is 10.5 Å². The van der Waals surface area contributed by atoms with Crippen LogP contribution in [0.4, 0.5) is 11.4 Å². The number of hydrogen-bond acceptors (Lipinski definition) is 7. The van der Waals surface area contributed by atoms with Crippen molar-refractivity contribution in [3.8, 4) is 0 Å². The smallest absolute Gasteiger partial charge is 0.338 e. The van der Waals surface area contributed by atoms with Crippen molar-refractivity contribution < 1.29 is 14.1 Å². The first-order chi connectivity index (χ1) is 15.4. The van der Waals surface area contributed by atoms with Crippen LogP contribution in [0.25, 0.3) is 11.0 Å². The van der Waals surface area contributed by atoms with Gasteiger partial charge in [0.1, 0.15) is 5.58 Å². The lowest BCUT2D eigenvalue weighted by atomic mass is 10.1. The van der Waals surface area contributed by atoms with Crippen molar-refractivity contribution in [2.45, 2.75) is 0 Å². The average Bonchev–Trinajstić information content (AvgIpc) is 2.79. The lowest BCUT2D eigenvalue weighted by Gasteiger charge is -2.35. The standard InChI is InChI=1S/C22H21ClN4O5/c23-18-13-15(27(30)31)5-6-16(18)22(29)26-11-9-25(10-12-26)8-7-24-19-14-21(28)32-20-4-2-1-3-17(19)20/h1-6,13-14,24H,7-12H2. The molecule has 0 saturated carbocycles. The van der Waals surface area contributed by atoms with Gasteiger partial charge in [-0.25, -0.2) is 4.79 Å². The van der Waals surface area contributed by atoms with Gasteiger partial charge in [0.15, 0.2) is 0 Å². The molecule has 1 aliphatic rings. The van der Waals surface area contributed by atoms with Crippen LogP contribution in [-0.2, 0) is 0 Å². The highest BCUT2D eigenvalue weighted by Gasteiger charge is 2.24. The van der Waals surface area contributed by atoms with Crippen molar-refractivity contribution >= 4 is 39.9 Å². The van der Waals surface area contributed by atoms with Crippen LogP contribution in [0.2, 0.25) is 5.02 Å². The monoisotopic (exact) mass is 456 g/mol. The molecule has 2 aromatic carbocycles. The fraction of sp³-hybridized carbons (Fsp3) is 0.273. The maximum absolute atomic E-state index is 12.8. The Balaban J connectivity index is 1.31. The number of rotatable bonds is 6. The number of anilines is 1. The van der Waals surface area contributed by atoms with E-state index in [4.69, 9.17) is 16.0 Å². The Labute approximate surface area is 188 Å². The van der Waals surface area contributed by atoms with Crippen LogP contribution in [0.5, 0.6) is 0 Å². The summed E-state index contributed by atoms with van der Waals surface area (Å²) < 4.78 is 5.21. The van der Waals surface area contributed by atoms with Crippen LogP contribution in [0.1, 0.15) is 10.4 Å². The summed E-state index contributed by atoms with van der Waals surface area (Å²) in [4.78, 5) is 38.8. The molecular formula is C22H21ClN4O5. The second-order valence-corrected chi connectivity index (χ2v) is 7.86. The van der Waals surface area contributed by atoms with E-state index in [2.05, 4.69) is 10.2 Å². The SMILES string of the molecule is O=C(c1ccc([N+](=O)[O-])cc1Cl)N1CCN(CCNc2cc(=O)oc3ccccc23)CC1. The average molecular weight is 457 g/mol. The van der Waals surface area contributed by atoms with Gasteiger partial charge in [-0.3, -0.25) is 19.8 Å². The van der Waals surface area contributed by atoms with Gasteiger partial charge in [0.05, 0.1) is 21.2 Å². The number of nitro benzene ring substituents is 1. The van der Waals surface area contributed by atoms with Crippen molar-refractivity contribution in [3.05, 3.63) is 79.7 Å². The summed E-state index contributed by atoms with van der Waals surface area (Å²) in [5, 5.41) is 15.1. The van der Waals surface area contributed by atoms with Crippen LogP contribution in [0, 0.1) is 10.1 Å². The fourth-order valence-electron chi connectivity index (χ4n) is 3.74. The molecule has 9 nitrogen and oxygen atoms in total. The Morgan fingerprint density at radius 2 is 1.88 bits per heavy atom. The maximum atomic E-state index is 12.8. The highest BCUT2D eigenvalue weighted by atomic mass is 35.5. The third-order valence-electron chi connectivity index (χ3n) is 5.45. The van der Waals surface area contributed by atoms with E-state index >= 15 is 0 Å². The number of nitrogens with one attached hydrogen (secondary N) is 1. The zero-order chi connectivity index (χ0) is 22.7. The van der Waals surface area contributed by atoms with Gasteiger partial charge in [-0.1, -0.05) is 23.7 Å². The molecule has 0 radical (unpaired) electrons. The lowest BCUT2D eigenvalue weighted by molar-refractivity contribution is -0.384. The molecule has 1 aliphatic heterocycles. The minimum atomic E-state index is -0.544. The zero-order valence-electron chi connectivity index (χ0n) is 17.1. The number of hydrogen-bond donors (Lipinski definition) is 1. The fourth-order valence-corrected chi connectivity index (χ4v) is 4.00. The molecule has 1 amide bonds. The number of carbonyl (C=O) groups is 1. The second kappa shape index (κ2) is 9.37. The summed E-state index contributed by atoms with van der Waals surface area (Å²) >= 11 is 6.10. The third-order valence-corrected chi connectivity index (χ3v) is 5.76. The molecule has 0 bridgehead atoms. The number of benzene rings is 2. The lowest BCUT2D eigenvalue weighted by Crippen LogP contribution is -2.49. The largest absolute Gasteiger partial charge is 0.423 e. The number of non-ortho nitro benzene ring substituents is 1. The molecule has 166 valence electrons. The number of amides is 1. The molecule has 1 aromatic heterocycles. The molecule has 1 N–H and O–H groups in total. The number of piperazine rings is 1. The second-order valence-electron chi connectivity index (χ2n) is 7.46. The van der Waals surface area contributed by atoms with Gasteiger partial charge in [0.2, 0.25) is 0 Å². The third kappa shape index (κ3) is 4.74. The number of halogens is 1. The summed E-state index contributed by atoms with van der Waals surface area (Å²) in [6.07, 6.45) is 0. The van der Waals surface area contributed by atoms with Gasteiger partial charge in [-0.2, -0.15) is 0 Å². The van der Waals surface area contributed by atoms with Crippen molar-refractivity contribution in [1.82, 2.24) is 9.80 Å². The van der Waals surface area contributed by atoms with Gasteiger partial charge in [0, 0.05) is 62.9 Å². The summed E-state index contributed by atoms with van der Waals surface area (Å²) in [5.74, 6) is -0.231. The van der Waals surface area contributed by atoms with E-state index in [1.54, 1.807) is 11.0 Å². The minimum absolute atomic E-state index is 0.0791. The molecule has 0 spiro atoms. The van der Waals surface area contributed by atoms with Crippen LogP contribution in [-0.4, -0.2) is 59.9 Å². The first kappa shape index (κ1) is 21.8. The van der Waals surface area contributed by atoms with E-state index in [1.165, 1.54) is 24.3 Å². The molecule has 0 atom stereocenters. The van der Waals surface area contributed by atoms with Crippen molar-refractivity contribution in [1.29, 1.82) is 0 Å². The van der Waals surface area contributed by atoms with Gasteiger partial charge < -0.3 is 14.6 Å². The molecule has 0 aliphatic carbocycles. The Kier molecular flexibility index (Phi) is 6.38. The van der Waals surface area contributed by atoms with Crippen LogP contribution < -0.4 is 10.9 Å². The first-order valence-electron chi connectivity index (χ1n) is 10.1. The van der Waals surface area contributed by atoms with Gasteiger partial charge in [-0.15, -0.1) is 0 Å². The van der Waals surface area contributed by atoms with Crippen molar-refractivity contribution in [3.63, 3.8) is 0 Å². The molecule has 10 heteroatoms. The molecule has 0 unspecified atom stereocenters. The van der Waals surface area contributed by atoms with Crippen LogP contribution in [0.3, 0.4) is 0 Å². The van der Waals surface area contributed by atoms with Crippen LogP contribution >= 0.6 is 11.6 Å². The summed E-state index contributed by atoms with van der Waals surface area (Å²) in [6, 6.07) is 12.7. The summed E-state index contributed by atoms with van der Waals surface area (Å²) in [6.45, 7) is 3.82. The highest BCUT2D eigenvalue weighted by Crippen LogP contribution is 2.24. The highest BCUT2D eigenvalue weighted by molar-refractivity contribution is 6.34. The Bertz CT molecular complexity index is 1220. The summed E-state index contributed by atoms with van der Waals surface area (Å²) in [7, 11) is 0. The molecule has 3 aromatic rings. The summed E-state index contributed by atoms with van der Waals surface area (Å²) in [5.41, 5.74) is 0.997. The topological polar surface area (TPSA) is 109 Å². The van der Waals surface area contributed by atoms with Crippen molar-refractivity contribution in [2.75, 3.05) is 44.6 Å². The van der Waals surface area contributed by atoms with Gasteiger partial charge in [0.25, 0.3) is 11.6 Å². The molecule has 2 heterocycles. The Morgan fingerprint density at radius 3 is 2.59 bits per heavy atom. The van der Waals surface area contributed by atoms with E-state index in [-0.39, 0.29) is 22.2 Å². The molecule has 32 heavy (non-hydrogen) atoms. The molecule has 1 fully saturated rings. The Hall–Kier alpha value is -3.43. The number of nitrogens with zero attached hydrogens (tertiary/aromatic N) is 3. The molecule has 1 saturated heterocycles. The number of nitro groups is 1. The number of para-hydroxylation sites is 1. The van der Waals surface area contributed by atoms with E-state index in [0.717, 1.165) is 17.6 Å². The Morgan fingerprint density at radius 1 is 1.12 bits per heavy atom. The van der Waals surface area contributed by atoms with Crippen LogP contribution in [0.15, 0.2) is 57.7 Å². The maximum Gasteiger partial charge on any atom is 0.338 e. The van der Waals surface area contributed by atoms with E-state index in [1.807, 2.05) is 18.2 Å². The quantitative estimate of drug-likeness (QED) is 0.344. The number of fused-ring (bicyclic) bond motifs is 1. The molecular weight excluding hydrogens is 436 g/mol. The van der Waals surface area contributed by atoms with Crippen molar-refractivity contribution in [2.24, 2.45) is 0 Å². The zero-order valence-corrected chi connectivity index (χ0v) is 17.9. The van der Waals surface area contributed by atoms with Gasteiger partial charge in [-0.05, 0) is 18.2 Å². The normalized spacial score (nSPS) is 14.5. The van der Waals surface area contributed by atoms with E-state index in [0.29, 0.717) is 38.3 Å². The van der Waals surface area contributed by atoms with Gasteiger partial charge >= 0.3 is 5.63 Å². The predicted molar refractivity (Wildman–Crippen MR) is 121 cm³/mol. The molecule has 4 rings (SSSR count). The first-order valence-corrected chi connectivity index (χ1v) is 10.5.